The van der Waals surface area contributed by atoms with Gasteiger partial charge in [0.2, 0.25) is 5.91 Å². The minimum atomic E-state index is -0.884. The Labute approximate surface area is 186 Å². The minimum Gasteiger partial charge on any atom is -0.481 e. The second kappa shape index (κ2) is 8.83. The van der Waals surface area contributed by atoms with E-state index in [9.17, 15) is 19.5 Å². The van der Waals surface area contributed by atoms with Gasteiger partial charge in [-0.3, -0.25) is 14.4 Å². The standard InChI is InChI=1S/C24H28N2O4S/c1-13(2)18-12-17(21(27)25-16-6-4-3-5-7-16)23(31-18)26-22(28)19-14-8-10-15(11-9-14)20(19)24(29)30/h3-7,12-15,19-20H,8-11H2,1-2H3,(H,25,27)(H,26,28)(H,29,30)/t14?,15?,19-,20-/m1/s1. The first kappa shape index (κ1) is 21.6. The predicted octanol–water partition coefficient (Wildman–Crippen LogP) is 5.20. The van der Waals surface area contributed by atoms with Gasteiger partial charge in [0.1, 0.15) is 5.00 Å². The molecule has 0 radical (unpaired) electrons. The number of amides is 2. The van der Waals surface area contributed by atoms with E-state index in [1.54, 1.807) is 0 Å². The summed E-state index contributed by atoms with van der Waals surface area (Å²) in [5.41, 5.74) is 1.09. The minimum absolute atomic E-state index is 0.0636. The highest BCUT2D eigenvalue weighted by Gasteiger charge is 2.50. The number of rotatable bonds is 6. The molecule has 3 aliphatic carbocycles. The van der Waals surface area contributed by atoms with Crippen LogP contribution in [0.4, 0.5) is 10.7 Å². The van der Waals surface area contributed by atoms with Gasteiger partial charge in [0.05, 0.1) is 17.4 Å². The van der Waals surface area contributed by atoms with Gasteiger partial charge in [-0.1, -0.05) is 32.0 Å². The van der Waals surface area contributed by atoms with Crippen LogP contribution in [0.25, 0.3) is 0 Å². The van der Waals surface area contributed by atoms with Gasteiger partial charge in [0.25, 0.3) is 5.91 Å². The third-order valence-corrected chi connectivity index (χ3v) is 7.99. The van der Waals surface area contributed by atoms with E-state index in [1.165, 1.54) is 11.3 Å². The number of hydrogen-bond acceptors (Lipinski definition) is 4. The van der Waals surface area contributed by atoms with E-state index < -0.39 is 17.8 Å². The van der Waals surface area contributed by atoms with Crippen LogP contribution in [-0.2, 0) is 9.59 Å². The van der Waals surface area contributed by atoms with Crippen LogP contribution in [0.3, 0.4) is 0 Å². The largest absolute Gasteiger partial charge is 0.481 e. The molecule has 0 unspecified atom stereocenters. The smallest absolute Gasteiger partial charge is 0.307 e. The molecule has 3 fully saturated rings. The van der Waals surface area contributed by atoms with Gasteiger partial charge in [0, 0.05) is 10.6 Å². The van der Waals surface area contributed by atoms with Gasteiger partial charge in [-0.05, 0) is 61.6 Å². The van der Waals surface area contributed by atoms with E-state index in [2.05, 4.69) is 10.6 Å². The molecule has 3 aliphatic rings. The molecule has 7 heteroatoms. The molecule has 31 heavy (non-hydrogen) atoms. The van der Waals surface area contributed by atoms with Crippen molar-refractivity contribution in [2.45, 2.75) is 45.4 Å². The predicted molar refractivity (Wildman–Crippen MR) is 121 cm³/mol. The van der Waals surface area contributed by atoms with Crippen molar-refractivity contribution in [2.24, 2.45) is 23.7 Å². The summed E-state index contributed by atoms with van der Waals surface area (Å²) >= 11 is 1.39. The lowest BCUT2D eigenvalue weighted by atomic mass is 9.58. The van der Waals surface area contributed by atoms with E-state index in [4.69, 9.17) is 0 Å². The maximum Gasteiger partial charge on any atom is 0.307 e. The van der Waals surface area contributed by atoms with Gasteiger partial charge < -0.3 is 15.7 Å². The van der Waals surface area contributed by atoms with Crippen molar-refractivity contribution in [3.8, 4) is 0 Å². The zero-order valence-electron chi connectivity index (χ0n) is 17.8. The van der Waals surface area contributed by atoms with Crippen molar-refractivity contribution in [2.75, 3.05) is 10.6 Å². The molecular formula is C24H28N2O4S. The molecule has 0 spiro atoms. The third-order valence-electron chi connectivity index (χ3n) is 6.64. The Hall–Kier alpha value is -2.67. The first-order chi connectivity index (χ1) is 14.8. The van der Waals surface area contributed by atoms with Gasteiger partial charge in [-0.25, -0.2) is 0 Å². The lowest BCUT2D eigenvalue weighted by Crippen LogP contribution is -2.49. The molecule has 164 valence electrons. The van der Waals surface area contributed by atoms with Gasteiger partial charge in [0.15, 0.2) is 0 Å². The molecule has 2 atom stereocenters. The topological polar surface area (TPSA) is 95.5 Å². The van der Waals surface area contributed by atoms with Crippen LogP contribution in [-0.4, -0.2) is 22.9 Å². The number of thiophene rings is 1. The molecule has 1 aromatic heterocycles. The number of carboxylic acids is 1. The number of anilines is 2. The van der Waals surface area contributed by atoms with Crippen molar-refractivity contribution in [1.29, 1.82) is 0 Å². The molecule has 6 nitrogen and oxygen atoms in total. The summed E-state index contributed by atoms with van der Waals surface area (Å²) in [6.07, 6.45) is 3.56. The fourth-order valence-electron chi connectivity index (χ4n) is 5.05. The molecule has 3 N–H and O–H groups in total. The van der Waals surface area contributed by atoms with Crippen LogP contribution in [0.5, 0.6) is 0 Å². The van der Waals surface area contributed by atoms with Crippen LogP contribution >= 0.6 is 11.3 Å². The average molecular weight is 441 g/mol. The van der Waals surface area contributed by atoms with E-state index >= 15 is 0 Å². The SMILES string of the molecule is CC(C)c1cc(C(=O)Nc2ccccc2)c(NC(=O)[C@@H]2C3CCC(CC3)[C@H]2C(=O)O)s1. The van der Waals surface area contributed by atoms with Gasteiger partial charge >= 0.3 is 5.97 Å². The second-order valence-electron chi connectivity index (χ2n) is 8.92. The summed E-state index contributed by atoms with van der Waals surface area (Å²) in [6, 6.07) is 11.0. The Morgan fingerprint density at radius 2 is 1.58 bits per heavy atom. The Balaban J connectivity index is 1.59. The Bertz CT molecular complexity index is 977. The summed E-state index contributed by atoms with van der Waals surface area (Å²) in [5.74, 6) is -2.26. The number of carbonyl (C=O) groups excluding carboxylic acids is 2. The zero-order chi connectivity index (χ0) is 22.1. The van der Waals surface area contributed by atoms with E-state index in [0.29, 0.717) is 16.3 Å². The van der Waals surface area contributed by atoms with Gasteiger partial charge in [-0.2, -0.15) is 0 Å². The first-order valence-electron chi connectivity index (χ1n) is 10.9. The fraction of sp³-hybridized carbons (Fsp3) is 0.458. The summed E-state index contributed by atoms with van der Waals surface area (Å²) in [6.45, 7) is 4.08. The highest BCUT2D eigenvalue weighted by atomic mass is 32.1. The van der Waals surface area contributed by atoms with Crippen molar-refractivity contribution in [1.82, 2.24) is 0 Å². The molecule has 5 rings (SSSR count). The van der Waals surface area contributed by atoms with Crippen molar-refractivity contribution < 1.29 is 19.5 Å². The van der Waals surface area contributed by atoms with Crippen LogP contribution in [0.15, 0.2) is 36.4 Å². The fourth-order valence-corrected chi connectivity index (χ4v) is 6.11. The van der Waals surface area contributed by atoms with Crippen molar-refractivity contribution in [3.63, 3.8) is 0 Å². The van der Waals surface area contributed by atoms with E-state index in [-0.39, 0.29) is 29.6 Å². The Morgan fingerprint density at radius 3 is 2.16 bits per heavy atom. The molecule has 0 aliphatic heterocycles. The van der Waals surface area contributed by atoms with E-state index in [1.807, 2.05) is 50.2 Å². The number of aliphatic carboxylic acids is 1. The number of para-hydroxylation sites is 1. The lowest BCUT2D eigenvalue weighted by molar-refractivity contribution is -0.156. The summed E-state index contributed by atoms with van der Waals surface area (Å²) in [4.78, 5) is 39.2. The second-order valence-corrected chi connectivity index (χ2v) is 10.0. The number of carbonyl (C=O) groups is 3. The monoisotopic (exact) mass is 440 g/mol. The molecule has 2 bridgehead atoms. The van der Waals surface area contributed by atoms with Crippen molar-refractivity contribution in [3.05, 3.63) is 46.8 Å². The molecule has 2 amide bonds. The Kier molecular flexibility index (Phi) is 6.14. The number of fused-ring (bicyclic) bond motifs is 3. The van der Waals surface area contributed by atoms with Crippen LogP contribution in [0.2, 0.25) is 0 Å². The van der Waals surface area contributed by atoms with Crippen LogP contribution < -0.4 is 10.6 Å². The average Bonchev–Trinajstić information content (AvgIpc) is 3.18. The summed E-state index contributed by atoms with van der Waals surface area (Å²) in [5, 5.41) is 16.1. The number of carboxylic acid groups (broad SMARTS) is 1. The van der Waals surface area contributed by atoms with E-state index in [0.717, 1.165) is 30.6 Å². The highest BCUT2D eigenvalue weighted by molar-refractivity contribution is 7.16. The molecule has 3 saturated carbocycles. The summed E-state index contributed by atoms with van der Waals surface area (Å²) < 4.78 is 0. The third kappa shape index (κ3) is 4.37. The lowest BCUT2D eigenvalue weighted by Gasteiger charge is -2.45. The van der Waals surface area contributed by atoms with Crippen LogP contribution in [0, 0.1) is 23.7 Å². The molecule has 1 heterocycles. The quantitative estimate of drug-likeness (QED) is 0.575. The number of hydrogen-bond donors (Lipinski definition) is 3. The molecule has 2 aromatic rings. The van der Waals surface area contributed by atoms with Crippen LogP contribution in [0.1, 0.15) is 60.7 Å². The van der Waals surface area contributed by atoms with Crippen molar-refractivity contribution >= 4 is 39.8 Å². The number of benzene rings is 1. The molecule has 0 saturated heterocycles. The molecule has 1 aromatic carbocycles. The Morgan fingerprint density at radius 1 is 0.968 bits per heavy atom. The maximum absolute atomic E-state index is 13.3. The maximum atomic E-state index is 13.3. The molecular weight excluding hydrogens is 412 g/mol. The summed E-state index contributed by atoms with van der Waals surface area (Å²) in [7, 11) is 0. The van der Waals surface area contributed by atoms with Gasteiger partial charge in [-0.15, -0.1) is 11.3 Å². The first-order valence-corrected chi connectivity index (χ1v) is 11.7. The normalized spacial score (nSPS) is 24.7. The number of nitrogens with one attached hydrogen (secondary N) is 2. The zero-order valence-corrected chi connectivity index (χ0v) is 18.6. The highest BCUT2D eigenvalue weighted by Crippen LogP contribution is 2.49.